The molecule has 1 N–H and O–H groups in total. The van der Waals surface area contributed by atoms with Gasteiger partial charge in [-0.25, -0.2) is 0 Å². The molecule has 0 fully saturated rings. The summed E-state index contributed by atoms with van der Waals surface area (Å²) in [7, 11) is 1.73. The Balaban J connectivity index is 1.74. The fourth-order valence-electron chi connectivity index (χ4n) is 2.42. The highest BCUT2D eigenvalue weighted by molar-refractivity contribution is 6.03. The second-order valence-electron chi connectivity index (χ2n) is 5.52. The monoisotopic (exact) mass is 322 g/mol. The maximum atomic E-state index is 12.3. The number of ether oxygens (including phenoxy) is 1. The molecule has 5 heteroatoms. The van der Waals surface area contributed by atoms with Gasteiger partial charge in [0.2, 0.25) is 5.91 Å². The molecule has 0 spiro atoms. The highest BCUT2D eigenvalue weighted by Crippen LogP contribution is 2.26. The number of hydrogen-bond acceptors (Lipinski definition) is 3. The minimum atomic E-state index is -0.255. The van der Waals surface area contributed by atoms with E-state index >= 15 is 0 Å². The maximum Gasteiger partial charge on any atom is 0.257 e. The number of rotatable bonds is 3. The molecule has 1 aliphatic heterocycles. The molecule has 2 amide bonds. The molecule has 0 radical (unpaired) electrons. The Labute approximate surface area is 140 Å². The average molecular weight is 322 g/mol. The number of benzene rings is 2. The fourth-order valence-corrected chi connectivity index (χ4v) is 2.42. The molecule has 0 bridgehead atoms. The highest BCUT2D eigenvalue weighted by atomic mass is 16.5. The number of carbonyl (C=O) groups excluding carboxylic acids is 2. The third-order valence-corrected chi connectivity index (χ3v) is 3.74. The molecule has 2 aromatic rings. The zero-order valence-corrected chi connectivity index (χ0v) is 13.4. The summed E-state index contributed by atoms with van der Waals surface area (Å²) >= 11 is 0. The summed E-state index contributed by atoms with van der Waals surface area (Å²) in [5.41, 5.74) is 1.96. The van der Waals surface area contributed by atoms with Crippen LogP contribution in [0.1, 0.15) is 15.9 Å². The molecular weight excluding hydrogens is 304 g/mol. The second-order valence-corrected chi connectivity index (χ2v) is 5.52. The van der Waals surface area contributed by atoms with Crippen LogP contribution in [-0.4, -0.2) is 36.9 Å². The average Bonchev–Trinajstić information content (AvgIpc) is 2.74. The second kappa shape index (κ2) is 7.00. The van der Waals surface area contributed by atoms with E-state index in [1.54, 1.807) is 36.2 Å². The predicted octanol–water partition coefficient (Wildman–Crippen LogP) is 2.80. The van der Waals surface area contributed by atoms with Gasteiger partial charge in [-0.05, 0) is 29.8 Å². The lowest BCUT2D eigenvalue weighted by Gasteiger charge is -2.13. The van der Waals surface area contributed by atoms with Gasteiger partial charge in [0, 0.05) is 18.8 Å². The van der Waals surface area contributed by atoms with Gasteiger partial charge in [0.1, 0.15) is 12.4 Å². The van der Waals surface area contributed by atoms with Crippen LogP contribution in [0.2, 0.25) is 0 Å². The summed E-state index contributed by atoms with van der Waals surface area (Å²) in [6.45, 7) is 0.996. The van der Waals surface area contributed by atoms with Crippen LogP contribution in [0.15, 0.2) is 54.6 Å². The molecule has 24 heavy (non-hydrogen) atoms. The first-order valence-electron chi connectivity index (χ1n) is 7.70. The minimum Gasteiger partial charge on any atom is -0.491 e. The van der Waals surface area contributed by atoms with Crippen molar-refractivity contribution >= 4 is 23.6 Å². The van der Waals surface area contributed by atoms with Crippen molar-refractivity contribution in [2.45, 2.75) is 0 Å². The van der Waals surface area contributed by atoms with Crippen molar-refractivity contribution < 1.29 is 14.3 Å². The van der Waals surface area contributed by atoms with Gasteiger partial charge >= 0.3 is 0 Å². The zero-order chi connectivity index (χ0) is 16.9. The van der Waals surface area contributed by atoms with E-state index in [1.807, 2.05) is 30.3 Å². The van der Waals surface area contributed by atoms with Crippen molar-refractivity contribution in [1.29, 1.82) is 0 Å². The molecule has 1 heterocycles. The highest BCUT2D eigenvalue weighted by Gasteiger charge is 2.21. The smallest absolute Gasteiger partial charge is 0.257 e. The van der Waals surface area contributed by atoms with Gasteiger partial charge in [-0.15, -0.1) is 0 Å². The summed E-state index contributed by atoms with van der Waals surface area (Å²) in [4.78, 5) is 26.0. The lowest BCUT2D eigenvalue weighted by molar-refractivity contribution is -0.111. The van der Waals surface area contributed by atoms with Crippen molar-refractivity contribution in [3.63, 3.8) is 0 Å². The first-order valence-corrected chi connectivity index (χ1v) is 7.70. The van der Waals surface area contributed by atoms with Crippen molar-refractivity contribution in [2.24, 2.45) is 0 Å². The van der Waals surface area contributed by atoms with Crippen LogP contribution in [0, 0.1) is 0 Å². The van der Waals surface area contributed by atoms with Crippen molar-refractivity contribution in [3.8, 4) is 5.75 Å². The van der Waals surface area contributed by atoms with Crippen LogP contribution in [0.3, 0.4) is 0 Å². The van der Waals surface area contributed by atoms with E-state index in [4.69, 9.17) is 4.74 Å². The quantitative estimate of drug-likeness (QED) is 0.884. The van der Waals surface area contributed by atoms with Gasteiger partial charge in [0.25, 0.3) is 5.91 Å². The molecule has 2 aromatic carbocycles. The molecule has 5 nitrogen and oxygen atoms in total. The van der Waals surface area contributed by atoms with Gasteiger partial charge in [0.15, 0.2) is 0 Å². The van der Waals surface area contributed by atoms with Gasteiger partial charge in [0.05, 0.1) is 12.1 Å². The zero-order valence-electron chi connectivity index (χ0n) is 13.4. The van der Waals surface area contributed by atoms with E-state index < -0.39 is 0 Å². The van der Waals surface area contributed by atoms with E-state index in [0.717, 1.165) is 5.56 Å². The normalized spacial score (nSPS) is 14.0. The van der Waals surface area contributed by atoms with E-state index in [9.17, 15) is 9.59 Å². The topological polar surface area (TPSA) is 58.6 Å². The SMILES string of the molecule is CN1CCOc2ccc(NC(=O)/C=C/c3ccccc3)cc2C1=O. The Morgan fingerprint density at radius 2 is 2.00 bits per heavy atom. The molecule has 0 aromatic heterocycles. The molecule has 0 saturated heterocycles. The number of nitrogens with zero attached hydrogens (tertiary/aromatic N) is 1. The molecule has 122 valence electrons. The maximum absolute atomic E-state index is 12.3. The number of anilines is 1. The number of fused-ring (bicyclic) bond motifs is 1. The predicted molar refractivity (Wildman–Crippen MR) is 93.0 cm³/mol. The van der Waals surface area contributed by atoms with E-state index in [1.165, 1.54) is 6.08 Å². The van der Waals surface area contributed by atoms with Crippen LogP contribution in [-0.2, 0) is 4.79 Å². The summed E-state index contributed by atoms with van der Waals surface area (Å²) in [6.07, 6.45) is 3.20. The summed E-state index contributed by atoms with van der Waals surface area (Å²) in [5.74, 6) is 0.176. The van der Waals surface area contributed by atoms with Crippen molar-refractivity contribution in [2.75, 3.05) is 25.5 Å². The number of likely N-dealkylation sites (N-methyl/N-ethyl adjacent to an activating group) is 1. The molecular formula is C19H18N2O3. The van der Waals surface area contributed by atoms with Gasteiger partial charge < -0.3 is 15.0 Å². The first kappa shape index (κ1) is 15.8. The first-order chi connectivity index (χ1) is 11.6. The molecule has 1 aliphatic rings. The summed E-state index contributed by atoms with van der Waals surface area (Å²) in [5, 5.41) is 2.77. The Bertz CT molecular complexity index is 784. The van der Waals surface area contributed by atoms with Crippen LogP contribution >= 0.6 is 0 Å². The van der Waals surface area contributed by atoms with Crippen LogP contribution in [0.4, 0.5) is 5.69 Å². The third kappa shape index (κ3) is 3.63. The van der Waals surface area contributed by atoms with E-state index in [0.29, 0.717) is 30.2 Å². The number of amides is 2. The molecule has 0 atom stereocenters. The van der Waals surface area contributed by atoms with Gasteiger partial charge in [-0.2, -0.15) is 0 Å². The van der Waals surface area contributed by atoms with Crippen molar-refractivity contribution in [3.05, 3.63) is 65.7 Å². The number of carbonyl (C=O) groups is 2. The standard InChI is InChI=1S/C19H18N2O3/c1-21-11-12-24-17-9-8-15(13-16(17)19(21)23)20-18(22)10-7-14-5-3-2-4-6-14/h2-10,13H,11-12H2,1H3,(H,20,22)/b10-7+. The van der Waals surface area contributed by atoms with E-state index in [2.05, 4.69) is 5.32 Å². The Kier molecular flexibility index (Phi) is 4.61. The third-order valence-electron chi connectivity index (χ3n) is 3.74. The van der Waals surface area contributed by atoms with Gasteiger partial charge in [-0.3, -0.25) is 9.59 Å². The summed E-state index contributed by atoms with van der Waals surface area (Å²) < 4.78 is 5.57. The Morgan fingerprint density at radius 3 is 2.79 bits per heavy atom. The van der Waals surface area contributed by atoms with Crippen LogP contribution in [0.25, 0.3) is 6.08 Å². The lowest BCUT2D eigenvalue weighted by Crippen LogP contribution is -2.27. The fraction of sp³-hybridized carbons (Fsp3) is 0.158. The molecule has 0 aliphatic carbocycles. The van der Waals surface area contributed by atoms with Crippen LogP contribution in [0.5, 0.6) is 5.75 Å². The largest absolute Gasteiger partial charge is 0.491 e. The molecule has 0 saturated carbocycles. The van der Waals surface area contributed by atoms with Crippen molar-refractivity contribution in [1.82, 2.24) is 4.90 Å². The summed E-state index contributed by atoms with van der Waals surface area (Å²) in [6, 6.07) is 14.7. The number of nitrogens with one attached hydrogen (secondary N) is 1. The lowest BCUT2D eigenvalue weighted by atomic mass is 10.1. The molecule has 3 rings (SSSR count). The minimum absolute atomic E-state index is 0.113. The number of hydrogen-bond donors (Lipinski definition) is 1. The molecule has 0 unspecified atom stereocenters. The Hall–Kier alpha value is -3.08. The van der Waals surface area contributed by atoms with Crippen LogP contribution < -0.4 is 10.1 Å². The van der Waals surface area contributed by atoms with Gasteiger partial charge in [-0.1, -0.05) is 30.3 Å². The van der Waals surface area contributed by atoms with E-state index in [-0.39, 0.29) is 11.8 Å². The Morgan fingerprint density at radius 1 is 1.21 bits per heavy atom.